The van der Waals surface area contributed by atoms with Crippen molar-refractivity contribution in [2.24, 2.45) is 0 Å². The molecule has 2 fully saturated rings. The van der Waals surface area contributed by atoms with Gasteiger partial charge in [0.15, 0.2) is 0 Å². The molecule has 0 atom stereocenters. The lowest BCUT2D eigenvalue weighted by atomic mass is 9.73. The summed E-state index contributed by atoms with van der Waals surface area (Å²) in [4.78, 5) is 0. The number of allylic oxidation sites excluding steroid dienone is 8. The van der Waals surface area contributed by atoms with Crippen molar-refractivity contribution >= 4 is 0 Å². The predicted molar refractivity (Wildman–Crippen MR) is 101 cm³/mol. The van der Waals surface area contributed by atoms with Gasteiger partial charge in [-0.05, 0) is 78.1 Å². The number of fused-ring (bicyclic) bond motifs is 2. The molecule has 0 aromatic rings. The highest BCUT2D eigenvalue weighted by molar-refractivity contribution is 5.70. The molecule has 0 unspecified atom stereocenters. The standard InChI is InChI=1S/C24H24/c1-15-5-7-17(3)23-19(11-13-21(15)23)9-10-20-12-14-22-16(2)6-8-18(4)24(20)22/h5-8,11-14H,9-10H2,1-4H3. The lowest BCUT2D eigenvalue weighted by Crippen LogP contribution is -2.18. The van der Waals surface area contributed by atoms with E-state index in [1.807, 2.05) is 0 Å². The maximum Gasteiger partial charge on any atom is 0.0190 e. The summed E-state index contributed by atoms with van der Waals surface area (Å²) in [6.45, 7) is 8.89. The van der Waals surface area contributed by atoms with Gasteiger partial charge in [-0.25, -0.2) is 0 Å². The number of hydrogen-bond acceptors (Lipinski definition) is 0. The molecule has 0 heteroatoms. The summed E-state index contributed by atoms with van der Waals surface area (Å²) < 4.78 is 0. The van der Waals surface area contributed by atoms with Crippen molar-refractivity contribution < 1.29 is 0 Å². The Kier molecular flexibility index (Phi) is 4.35. The Morgan fingerprint density at radius 1 is 0.500 bits per heavy atom. The van der Waals surface area contributed by atoms with E-state index in [4.69, 9.17) is 0 Å². The van der Waals surface area contributed by atoms with Crippen LogP contribution in [0.4, 0.5) is 0 Å². The van der Waals surface area contributed by atoms with Gasteiger partial charge in [0.05, 0.1) is 0 Å². The maximum atomic E-state index is 2.33. The SMILES string of the molecule is CC1=CC=C(C)[C]2[C](CC[C]3[CH][CH][C]4[C]3C(C)=CC=C4C)[CH][CH][C]21. The Morgan fingerprint density at radius 3 is 1.29 bits per heavy atom. The molecule has 0 aliphatic heterocycles. The minimum absolute atomic E-state index is 1.11. The Hall–Kier alpha value is -1.04. The highest BCUT2D eigenvalue weighted by Crippen LogP contribution is 2.55. The molecule has 24 heavy (non-hydrogen) atoms. The molecular formula is C24H24. The van der Waals surface area contributed by atoms with Gasteiger partial charge in [0.1, 0.15) is 0 Å². The van der Waals surface area contributed by atoms with Crippen molar-refractivity contribution in [3.8, 4) is 0 Å². The van der Waals surface area contributed by atoms with Crippen molar-refractivity contribution in [2.45, 2.75) is 40.5 Å². The van der Waals surface area contributed by atoms with Gasteiger partial charge in [-0.3, -0.25) is 0 Å². The number of hydrogen-bond donors (Lipinski definition) is 0. The second kappa shape index (κ2) is 6.36. The Morgan fingerprint density at radius 2 is 0.875 bits per heavy atom. The third-order valence-corrected chi connectivity index (χ3v) is 5.55. The summed E-state index contributed by atoms with van der Waals surface area (Å²) in [5.74, 6) is 8.77. The van der Waals surface area contributed by atoms with Crippen LogP contribution in [0.2, 0.25) is 0 Å². The maximum absolute atomic E-state index is 2.33. The van der Waals surface area contributed by atoms with Crippen molar-refractivity contribution in [2.75, 3.05) is 0 Å². The van der Waals surface area contributed by atoms with Crippen molar-refractivity contribution in [3.05, 3.63) is 108 Å². The van der Waals surface area contributed by atoms with E-state index in [2.05, 4.69) is 77.7 Å². The fourth-order valence-electron chi connectivity index (χ4n) is 4.17. The lowest BCUT2D eigenvalue weighted by Gasteiger charge is -2.30. The van der Waals surface area contributed by atoms with Crippen LogP contribution in [-0.4, -0.2) is 0 Å². The quantitative estimate of drug-likeness (QED) is 0.611. The van der Waals surface area contributed by atoms with Gasteiger partial charge in [-0.1, -0.05) is 46.6 Å². The average Bonchev–Trinajstić information content (AvgIpc) is 3.18. The second-order valence-electron chi connectivity index (χ2n) is 7.19. The zero-order valence-electron chi connectivity index (χ0n) is 15.0. The molecule has 0 bridgehead atoms. The molecular weight excluding hydrogens is 288 g/mol. The second-order valence-corrected chi connectivity index (χ2v) is 7.19. The van der Waals surface area contributed by atoms with Crippen molar-refractivity contribution in [3.63, 3.8) is 0 Å². The molecule has 4 aliphatic carbocycles. The van der Waals surface area contributed by atoms with E-state index in [0.29, 0.717) is 0 Å². The Balaban J connectivity index is 1.42. The Labute approximate surface area is 148 Å². The molecule has 0 aromatic carbocycles. The molecule has 0 saturated heterocycles. The van der Waals surface area contributed by atoms with E-state index in [1.165, 1.54) is 57.8 Å². The zero-order valence-corrected chi connectivity index (χ0v) is 15.0. The summed E-state index contributed by atoms with van der Waals surface area (Å²) in [6.07, 6.45) is 20.5. The minimum Gasteiger partial charge on any atom is -0.0650 e. The normalized spacial score (nSPS) is 27.7. The smallest absolute Gasteiger partial charge is 0.0190 e. The van der Waals surface area contributed by atoms with Crippen LogP contribution >= 0.6 is 0 Å². The minimum atomic E-state index is 1.11. The molecule has 0 aromatic heterocycles. The summed E-state index contributed by atoms with van der Waals surface area (Å²) in [6, 6.07) is 0. The molecule has 4 aliphatic rings. The van der Waals surface area contributed by atoms with Crippen molar-refractivity contribution in [1.82, 2.24) is 0 Å². The van der Waals surface area contributed by atoms with E-state index in [-0.39, 0.29) is 0 Å². The summed E-state index contributed by atoms with van der Waals surface area (Å²) in [5.41, 5.74) is 5.56. The van der Waals surface area contributed by atoms with Crippen LogP contribution in [0.5, 0.6) is 0 Å². The predicted octanol–water partition coefficient (Wildman–Crippen LogP) is 5.87. The zero-order chi connectivity index (χ0) is 16.8. The van der Waals surface area contributed by atoms with E-state index < -0.39 is 0 Å². The van der Waals surface area contributed by atoms with Gasteiger partial charge in [-0.15, -0.1) is 0 Å². The number of rotatable bonds is 3. The van der Waals surface area contributed by atoms with Gasteiger partial charge in [0, 0.05) is 23.7 Å². The van der Waals surface area contributed by atoms with Crippen LogP contribution in [0.1, 0.15) is 40.5 Å². The highest BCUT2D eigenvalue weighted by atomic mass is 14.5. The first-order valence-corrected chi connectivity index (χ1v) is 8.85. The third kappa shape index (κ3) is 2.67. The fraction of sp³-hybridized carbons (Fsp3) is 0.250. The first kappa shape index (κ1) is 16.4. The van der Waals surface area contributed by atoms with Crippen LogP contribution in [0, 0.1) is 61.2 Å². The van der Waals surface area contributed by atoms with Crippen molar-refractivity contribution in [1.29, 1.82) is 0 Å². The molecule has 2 saturated carbocycles. The molecule has 0 spiro atoms. The third-order valence-electron chi connectivity index (χ3n) is 5.55. The first-order valence-electron chi connectivity index (χ1n) is 8.85. The molecule has 4 rings (SSSR count). The van der Waals surface area contributed by atoms with Gasteiger partial charge < -0.3 is 0 Å². The molecule has 120 valence electrons. The summed E-state index contributed by atoms with van der Waals surface area (Å²) >= 11 is 0. The first-order chi connectivity index (χ1) is 11.6. The van der Waals surface area contributed by atoms with E-state index >= 15 is 0 Å². The van der Waals surface area contributed by atoms with Crippen LogP contribution in [0.3, 0.4) is 0 Å². The van der Waals surface area contributed by atoms with E-state index in [1.54, 1.807) is 0 Å². The van der Waals surface area contributed by atoms with Gasteiger partial charge in [0.2, 0.25) is 0 Å². The molecule has 0 nitrogen and oxygen atoms in total. The summed E-state index contributed by atoms with van der Waals surface area (Å²) in [7, 11) is 0. The molecule has 0 heterocycles. The topological polar surface area (TPSA) is 0 Å². The van der Waals surface area contributed by atoms with Crippen LogP contribution in [-0.2, 0) is 0 Å². The van der Waals surface area contributed by atoms with Crippen LogP contribution < -0.4 is 0 Å². The summed E-state index contributed by atoms with van der Waals surface area (Å²) in [5, 5.41) is 0. The highest BCUT2D eigenvalue weighted by Gasteiger charge is 2.44. The van der Waals surface area contributed by atoms with Gasteiger partial charge in [0.25, 0.3) is 0 Å². The van der Waals surface area contributed by atoms with Gasteiger partial charge in [-0.2, -0.15) is 0 Å². The van der Waals surface area contributed by atoms with E-state index in [9.17, 15) is 0 Å². The van der Waals surface area contributed by atoms with Crippen LogP contribution in [0.25, 0.3) is 0 Å². The Bertz CT molecular complexity index is 570. The van der Waals surface area contributed by atoms with Gasteiger partial charge >= 0.3 is 0 Å². The molecule has 10 radical (unpaired) electrons. The lowest BCUT2D eigenvalue weighted by molar-refractivity contribution is 0.772. The average molecular weight is 312 g/mol. The van der Waals surface area contributed by atoms with E-state index in [0.717, 1.165) is 12.8 Å². The fourth-order valence-corrected chi connectivity index (χ4v) is 4.17. The van der Waals surface area contributed by atoms with Crippen LogP contribution in [0.15, 0.2) is 46.6 Å². The monoisotopic (exact) mass is 312 g/mol. The molecule has 0 N–H and O–H groups in total. The largest absolute Gasteiger partial charge is 0.0650 e. The molecule has 0 amide bonds.